The predicted molar refractivity (Wildman–Crippen MR) is 83.0 cm³/mol. The zero-order valence-electron chi connectivity index (χ0n) is 12.7. The number of ether oxygens (including phenoxy) is 1. The van der Waals surface area contributed by atoms with E-state index in [2.05, 4.69) is 12.3 Å². The number of amides is 1. The Kier molecular flexibility index (Phi) is 7.64. The Hall–Kier alpha value is -1.84. The molecule has 0 heterocycles. The molecule has 22 heavy (non-hydrogen) atoms. The summed E-state index contributed by atoms with van der Waals surface area (Å²) >= 11 is 0. The van der Waals surface area contributed by atoms with Crippen LogP contribution in [0.2, 0.25) is 0 Å². The van der Waals surface area contributed by atoms with Crippen LogP contribution in [0.25, 0.3) is 0 Å². The maximum atomic E-state index is 12.6. The van der Waals surface area contributed by atoms with Crippen molar-refractivity contribution in [2.24, 2.45) is 0 Å². The zero-order chi connectivity index (χ0) is 16.4. The molecular formula is C15H20NO5P. The summed E-state index contributed by atoms with van der Waals surface area (Å²) in [7, 11) is -3.82. The second-order valence-electron chi connectivity index (χ2n) is 4.02. The van der Waals surface area contributed by atoms with Crippen LogP contribution < -0.4 is 0 Å². The summed E-state index contributed by atoms with van der Waals surface area (Å²) in [6.45, 7) is 6.94. The molecule has 0 fully saturated rings. The molecule has 0 unspecified atom stereocenters. The van der Waals surface area contributed by atoms with Gasteiger partial charge in [0.2, 0.25) is 0 Å². The number of nitrogens with zero attached hydrogens (tertiary/aromatic N) is 1. The van der Waals surface area contributed by atoms with Gasteiger partial charge < -0.3 is 4.74 Å². The van der Waals surface area contributed by atoms with Crippen molar-refractivity contribution < 1.29 is 23.1 Å². The quantitative estimate of drug-likeness (QED) is 0.532. The van der Waals surface area contributed by atoms with Gasteiger partial charge >= 0.3 is 13.8 Å². The van der Waals surface area contributed by atoms with E-state index in [0.29, 0.717) is 0 Å². The molecule has 0 atom stereocenters. The topological polar surface area (TPSA) is 65.1 Å². The lowest BCUT2D eigenvalue weighted by atomic mass is 10.2. The fourth-order valence-electron chi connectivity index (χ4n) is 1.58. The first-order valence-corrected chi connectivity index (χ1v) is 8.32. The molecule has 1 amide bonds. The molecule has 0 aromatic heterocycles. The molecule has 1 aromatic rings. The van der Waals surface area contributed by atoms with E-state index in [4.69, 9.17) is 13.8 Å². The first-order valence-electron chi connectivity index (χ1n) is 6.82. The van der Waals surface area contributed by atoms with Crippen LogP contribution in [0.15, 0.2) is 48.8 Å². The molecule has 120 valence electrons. The van der Waals surface area contributed by atoms with Crippen LogP contribution in [-0.4, -0.2) is 24.0 Å². The fourth-order valence-corrected chi connectivity index (χ4v) is 3.04. The van der Waals surface area contributed by atoms with Gasteiger partial charge in [-0.25, -0.2) is 9.36 Å². The Morgan fingerprint density at radius 1 is 1.27 bits per heavy atom. The number of benzene rings is 1. The minimum atomic E-state index is -3.82. The van der Waals surface area contributed by atoms with Crippen LogP contribution in [0.3, 0.4) is 0 Å². The van der Waals surface area contributed by atoms with Gasteiger partial charge in [-0.3, -0.25) is 9.05 Å². The van der Waals surface area contributed by atoms with Crippen LogP contribution in [-0.2, 0) is 25.0 Å². The lowest BCUT2D eigenvalue weighted by molar-refractivity contribution is 0.111. The van der Waals surface area contributed by atoms with Gasteiger partial charge in [0.15, 0.2) is 0 Å². The number of carbonyl (C=O) groups is 1. The third-order valence-corrected chi connectivity index (χ3v) is 4.43. The van der Waals surface area contributed by atoms with Crippen molar-refractivity contribution in [1.29, 1.82) is 0 Å². The van der Waals surface area contributed by atoms with Gasteiger partial charge in [0, 0.05) is 0 Å². The SMILES string of the molecule is C=C=CN(C(=O)OCc1ccccc1)P(=O)(OCC)OCC. The lowest BCUT2D eigenvalue weighted by Crippen LogP contribution is -2.26. The van der Waals surface area contributed by atoms with Crippen LogP contribution in [0.1, 0.15) is 19.4 Å². The van der Waals surface area contributed by atoms with Crippen molar-refractivity contribution >= 4 is 13.8 Å². The summed E-state index contributed by atoms with van der Waals surface area (Å²) in [6, 6.07) is 9.14. The van der Waals surface area contributed by atoms with Crippen molar-refractivity contribution in [2.45, 2.75) is 20.5 Å². The van der Waals surface area contributed by atoms with E-state index in [1.54, 1.807) is 13.8 Å². The summed E-state index contributed by atoms with van der Waals surface area (Å²) in [5, 5.41) is 0. The van der Waals surface area contributed by atoms with Crippen LogP contribution >= 0.6 is 7.75 Å². The summed E-state index contributed by atoms with van der Waals surface area (Å²) < 4.78 is 28.8. The maximum absolute atomic E-state index is 12.6. The molecule has 7 heteroatoms. The molecule has 0 aliphatic heterocycles. The second kappa shape index (κ2) is 9.23. The smallest absolute Gasteiger partial charge is 0.444 e. The Morgan fingerprint density at radius 2 is 1.86 bits per heavy atom. The van der Waals surface area contributed by atoms with Crippen LogP contribution in [0.4, 0.5) is 4.79 Å². The Balaban J connectivity index is 2.86. The van der Waals surface area contributed by atoms with Gasteiger partial charge in [-0.05, 0) is 19.4 Å². The van der Waals surface area contributed by atoms with Crippen molar-refractivity contribution in [3.63, 3.8) is 0 Å². The molecule has 0 N–H and O–H groups in total. The van der Waals surface area contributed by atoms with Gasteiger partial charge in [-0.1, -0.05) is 36.9 Å². The highest BCUT2D eigenvalue weighted by Crippen LogP contribution is 2.52. The lowest BCUT2D eigenvalue weighted by Gasteiger charge is -2.25. The van der Waals surface area contributed by atoms with Crippen molar-refractivity contribution in [2.75, 3.05) is 13.2 Å². The molecule has 6 nitrogen and oxygen atoms in total. The third-order valence-electron chi connectivity index (χ3n) is 2.45. The van der Waals surface area contributed by atoms with Crippen LogP contribution in [0, 0.1) is 0 Å². The summed E-state index contributed by atoms with van der Waals surface area (Å²) in [5.74, 6) is 0. The van der Waals surface area contributed by atoms with Crippen molar-refractivity contribution in [3.05, 3.63) is 54.4 Å². The minimum Gasteiger partial charge on any atom is -0.444 e. The van der Waals surface area contributed by atoms with Crippen molar-refractivity contribution in [3.8, 4) is 0 Å². The maximum Gasteiger partial charge on any atom is 0.444 e. The number of hydrogen-bond donors (Lipinski definition) is 0. The average molecular weight is 325 g/mol. The monoisotopic (exact) mass is 325 g/mol. The summed E-state index contributed by atoms with van der Waals surface area (Å²) in [6.07, 6.45) is 0.240. The highest BCUT2D eigenvalue weighted by atomic mass is 31.2. The van der Waals surface area contributed by atoms with Gasteiger partial charge in [-0.15, -0.1) is 5.73 Å². The Bertz CT molecular complexity index is 559. The highest BCUT2D eigenvalue weighted by Gasteiger charge is 2.37. The molecular weight excluding hydrogens is 305 g/mol. The molecule has 0 radical (unpaired) electrons. The van der Waals surface area contributed by atoms with Gasteiger partial charge in [0.1, 0.15) is 6.61 Å². The Morgan fingerprint density at radius 3 is 2.36 bits per heavy atom. The summed E-state index contributed by atoms with van der Waals surface area (Å²) in [5.41, 5.74) is 3.19. The molecule has 0 saturated heterocycles. The highest BCUT2D eigenvalue weighted by molar-refractivity contribution is 7.52. The molecule has 1 aromatic carbocycles. The van der Waals surface area contributed by atoms with E-state index in [1.807, 2.05) is 30.3 Å². The second-order valence-corrected chi connectivity index (χ2v) is 5.91. The third kappa shape index (κ3) is 5.17. The van der Waals surface area contributed by atoms with Crippen molar-refractivity contribution in [1.82, 2.24) is 4.67 Å². The van der Waals surface area contributed by atoms with Gasteiger partial charge in [-0.2, -0.15) is 4.67 Å². The standard InChI is InChI=1S/C15H20NO5P/c1-4-12-16(22(18,20-5-2)21-6-3)15(17)19-13-14-10-8-7-9-11-14/h7-12H,1,5-6,13H2,2-3H3. The van der Waals surface area contributed by atoms with Crippen LogP contribution in [0.5, 0.6) is 0 Å². The zero-order valence-corrected chi connectivity index (χ0v) is 13.6. The normalized spacial score (nSPS) is 10.6. The predicted octanol–water partition coefficient (Wildman–Crippen LogP) is 4.10. The average Bonchev–Trinajstić information content (AvgIpc) is 2.51. The van der Waals surface area contributed by atoms with E-state index < -0.39 is 13.8 Å². The molecule has 0 aliphatic rings. The van der Waals surface area contributed by atoms with Gasteiger partial charge in [0.25, 0.3) is 0 Å². The van der Waals surface area contributed by atoms with E-state index in [0.717, 1.165) is 16.4 Å². The molecule has 0 bridgehead atoms. The van der Waals surface area contributed by atoms with E-state index >= 15 is 0 Å². The summed E-state index contributed by atoms with van der Waals surface area (Å²) in [4.78, 5) is 12.2. The first kappa shape index (κ1) is 18.2. The molecule has 0 aliphatic carbocycles. The van der Waals surface area contributed by atoms with Gasteiger partial charge in [0.05, 0.1) is 19.4 Å². The molecule has 1 rings (SSSR count). The first-order chi connectivity index (χ1) is 10.6. The fraction of sp³-hybridized carbons (Fsp3) is 0.333. The van der Waals surface area contributed by atoms with E-state index in [1.165, 1.54) is 0 Å². The largest absolute Gasteiger partial charge is 0.444 e. The van der Waals surface area contributed by atoms with E-state index in [9.17, 15) is 9.36 Å². The number of carbonyl (C=O) groups excluding carboxylic acids is 1. The number of hydrogen-bond acceptors (Lipinski definition) is 5. The minimum absolute atomic E-state index is 0.0411. The molecule has 0 saturated carbocycles. The Labute approximate surface area is 130 Å². The number of rotatable bonds is 8. The molecule has 0 spiro atoms. The van der Waals surface area contributed by atoms with E-state index in [-0.39, 0.29) is 19.8 Å².